The Hall–Kier alpha value is -7.24. The third-order valence-corrected chi connectivity index (χ3v) is 9.81. The van der Waals surface area contributed by atoms with Crippen LogP contribution in [0.5, 0.6) is 0 Å². The quantitative estimate of drug-likeness (QED) is 0.176. The van der Waals surface area contributed by atoms with E-state index in [1.165, 1.54) is 0 Å². The van der Waals surface area contributed by atoms with E-state index in [0.717, 1.165) is 89.3 Å². The Labute approximate surface area is 306 Å². The van der Waals surface area contributed by atoms with E-state index < -0.39 is 0 Å². The van der Waals surface area contributed by atoms with Crippen LogP contribution in [0.15, 0.2) is 188 Å². The summed E-state index contributed by atoms with van der Waals surface area (Å²) in [6.45, 7) is 0. The zero-order valence-electron chi connectivity index (χ0n) is 28.6. The van der Waals surface area contributed by atoms with Crippen LogP contribution in [0.3, 0.4) is 0 Å². The molecule has 0 saturated carbocycles. The topological polar surface area (TPSA) is 56.0 Å². The fraction of sp³-hybridized carbons (Fsp3) is 0. The van der Waals surface area contributed by atoms with Crippen molar-refractivity contribution >= 4 is 27.6 Å². The molecule has 0 N–H and O–H groups in total. The van der Waals surface area contributed by atoms with Crippen LogP contribution < -0.4 is 0 Å². The minimum Gasteiger partial charge on any atom is -0.276 e. The predicted molar refractivity (Wildman–Crippen MR) is 216 cm³/mol. The van der Waals surface area contributed by atoms with Gasteiger partial charge in [-0.1, -0.05) is 158 Å². The first-order valence-corrected chi connectivity index (χ1v) is 17.7. The van der Waals surface area contributed by atoms with E-state index >= 15 is 0 Å². The highest BCUT2D eigenvalue weighted by Gasteiger charge is 2.19. The van der Waals surface area contributed by atoms with Crippen molar-refractivity contribution in [2.75, 3.05) is 0 Å². The number of aromatic nitrogens is 5. The summed E-state index contributed by atoms with van der Waals surface area (Å²) in [6.07, 6.45) is 0. The molecule has 0 aliphatic rings. The number of fused-ring (bicyclic) bond motifs is 5. The van der Waals surface area contributed by atoms with E-state index in [1.807, 2.05) is 42.5 Å². The predicted octanol–water partition coefficient (Wildman–Crippen LogP) is 11.8. The zero-order valence-corrected chi connectivity index (χ0v) is 28.6. The summed E-state index contributed by atoms with van der Waals surface area (Å²) in [6, 6.07) is 64.9. The van der Waals surface area contributed by atoms with Crippen molar-refractivity contribution in [1.29, 1.82) is 0 Å². The number of rotatable bonds is 6. The van der Waals surface area contributed by atoms with Crippen LogP contribution in [-0.4, -0.2) is 24.3 Å². The van der Waals surface area contributed by atoms with Crippen molar-refractivity contribution in [3.05, 3.63) is 188 Å². The largest absolute Gasteiger partial charge is 0.276 e. The zero-order chi connectivity index (χ0) is 35.1. The molecular formula is C48H31N5. The van der Waals surface area contributed by atoms with Crippen LogP contribution in [0, 0.1) is 0 Å². The van der Waals surface area contributed by atoms with E-state index in [9.17, 15) is 0 Å². The molecule has 0 amide bonds. The summed E-state index contributed by atoms with van der Waals surface area (Å²) >= 11 is 0. The second-order valence-electron chi connectivity index (χ2n) is 13.1. The van der Waals surface area contributed by atoms with Gasteiger partial charge in [-0.25, -0.2) is 19.9 Å². The normalized spacial score (nSPS) is 11.4. The summed E-state index contributed by atoms with van der Waals surface area (Å²) in [5, 5.41) is 1.000. The van der Waals surface area contributed by atoms with Crippen LogP contribution in [0.1, 0.15) is 0 Å². The molecule has 0 aliphatic heterocycles. The average molecular weight is 678 g/mol. The maximum atomic E-state index is 5.42. The molecule has 0 saturated heterocycles. The van der Waals surface area contributed by atoms with Gasteiger partial charge in [-0.3, -0.25) is 4.40 Å². The van der Waals surface area contributed by atoms with Crippen molar-refractivity contribution in [2.45, 2.75) is 0 Å². The summed E-state index contributed by atoms with van der Waals surface area (Å²) in [5.41, 5.74) is 14.0. The molecule has 0 spiro atoms. The first-order chi connectivity index (χ1) is 26.3. The van der Waals surface area contributed by atoms with Gasteiger partial charge in [-0.05, 0) is 52.6 Å². The molecule has 10 rings (SSSR count). The molecule has 0 unspecified atom stereocenters. The second kappa shape index (κ2) is 12.8. The smallest absolute Gasteiger partial charge is 0.160 e. The molecule has 0 bridgehead atoms. The molecule has 248 valence electrons. The molecule has 0 atom stereocenters. The van der Waals surface area contributed by atoms with Crippen molar-refractivity contribution in [3.8, 4) is 67.5 Å². The molecule has 10 aromatic rings. The van der Waals surface area contributed by atoms with Gasteiger partial charge in [0.25, 0.3) is 0 Å². The molecule has 5 heteroatoms. The molecule has 0 aliphatic carbocycles. The Morgan fingerprint density at radius 2 is 0.830 bits per heavy atom. The number of nitrogens with zero attached hydrogens (tertiary/aromatic N) is 5. The van der Waals surface area contributed by atoms with Crippen LogP contribution in [0.2, 0.25) is 0 Å². The first-order valence-electron chi connectivity index (χ1n) is 17.7. The fourth-order valence-corrected chi connectivity index (χ4v) is 7.21. The maximum Gasteiger partial charge on any atom is 0.160 e. The molecule has 3 heterocycles. The molecule has 5 nitrogen and oxygen atoms in total. The Morgan fingerprint density at radius 3 is 1.42 bits per heavy atom. The number of benzene rings is 7. The Balaban J connectivity index is 1.16. The molecule has 0 fully saturated rings. The molecule has 53 heavy (non-hydrogen) atoms. The van der Waals surface area contributed by atoms with Crippen molar-refractivity contribution in [1.82, 2.24) is 24.3 Å². The Morgan fingerprint density at radius 1 is 0.340 bits per heavy atom. The summed E-state index contributed by atoms with van der Waals surface area (Å²) in [5.74, 6) is 1.49. The van der Waals surface area contributed by atoms with Gasteiger partial charge in [0.15, 0.2) is 5.82 Å². The minimum atomic E-state index is 0.669. The SMILES string of the molecule is c1ccc(-c2cc(-c3ccccc3)nc(-c3ccc(-c4nc5cc(-c6ccccc6)c(-c6ccccc6)cc5c5nc6ccccc6n45)cc3)n2)cc1. The lowest BCUT2D eigenvalue weighted by Gasteiger charge is -2.15. The highest BCUT2D eigenvalue weighted by Crippen LogP contribution is 2.39. The van der Waals surface area contributed by atoms with Crippen LogP contribution in [0.25, 0.3) is 95.1 Å². The van der Waals surface area contributed by atoms with Crippen LogP contribution in [0.4, 0.5) is 0 Å². The van der Waals surface area contributed by atoms with Crippen LogP contribution in [-0.2, 0) is 0 Å². The standard InChI is InChI=1S/C48H31N5/c1-5-15-32(16-6-1)38-29-40-44(30-39(38)33-17-7-2-8-18-33)52-47(53-45-24-14-13-23-41(45)51-48(40)53)37-27-25-36(26-28-37)46-49-42(34-19-9-3-10-20-34)31-43(50-46)35-21-11-4-12-22-35/h1-31H. The molecule has 0 radical (unpaired) electrons. The lowest BCUT2D eigenvalue weighted by atomic mass is 9.93. The lowest BCUT2D eigenvalue weighted by molar-refractivity contribution is 1.16. The van der Waals surface area contributed by atoms with E-state index in [4.69, 9.17) is 19.9 Å². The second-order valence-corrected chi connectivity index (χ2v) is 13.1. The van der Waals surface area contributed by atoms with E-state index in [2.05, 4.69) is 150 Å². The highest BCUT2D eigenvalue weighted by atomic mass is 15.1. The van der Waals surface area contributed by atoms with Gasteiger partial charge in [0.05, 0.1) is 27.9 Å². The van der Waals surface area contributed by atoms with Crippen molar-refractivity contribution in [2.24, 2.45) is 0 Å². The number of hydrogen-bond donors (Lipinski definition) is 0. The summed E-state index contributed by atoms with van der Waals surface area (Å²) in [4.78, 5) is 20.7. The number of imidazole rings is 1. The average Bonchev–Trinajstić information content (AvgIpc) is 3.64. The van der Waals surface area contributed by atoms with E-state index in [-0.39, 0.29) is 0 Å². The first kappa shape index (κ1) is 30.6. The van der Waals surface area contributed by atoms with Gasteiger partial charge in [-0.2, -0.15) is 0 Å². The Bertz CT molecular complexity index is 2850. The fourth-order valence-electron chi connectivity index (χ4n) is 7.21. The van der Waals surface area contributed by atoms with Crippen molar-refractivity contribution < 1.29 is 0 Å². The van der Waals surface area contributed by atoms with Crippen molar-refractivity contribution in [3.63, 3.8) is 0 Å². The van der Waals surface area contributed by atoms with Crippen LogP contribution >= 0.6 is 0 Å². The van der Waals surface area contributed by atoms with Gasteiger partial charge in [0, 0.05) is 27.6 Å². The van der Waals surface area contributed by atoms with E-state index in [0.29, 0.717) is 5.82 Å². The lowest BCUT2D eigenvalue weighted by Crippen LogP contribution is -2.00. The number of para-hydroxylation sites is 2. The third kappa shape index (κ3) is 5.52. The van der Waals surface area contributed by atoms with E-state index in [1.54, 1.807) is 0 Å². The monoisotopic (exact) mass is 677 g/mol. The molecular weight excluding hydrogens is 647 g/mol. The highest BCUT2D eigenvalue weighted by molar-refractivity contribution is 6.04. The molecule has 3 aromatic heterocycles. The number of hydrogen-bond acceptors (Lipinski definition) is 4. The van der Waals surface area contributed by atoms with Gasteiger partial charge in [0.1, 0.15) is 11.5 Å². The Kier molecular flexibility index (Phi) is 7.40. The summed E-state index contributed by atoms with van der Waals surface area (Å²) in [7, 11) is 0. The summed E-state index contributed by atoms with van der Waals surface area (Å²) < 4.78 is 2.20. The van der Waals surface area contributed by atoms with Gasteiger partial charge < -0.3 is 0 Å². The maximum absolute atomic E-state index is 5.42. The van der Waals surface area contributed by atoms with Gasteiger partial charge >= 0.3 is 0 Å². The van der Waals surface area contributed by atoms with Gasteiger partial charge in [-0.15, -0.1) is 0 Å². The molecule has 7 aromatic carbocycles. The third-order valence-electron chi connectivity index (χ3n) is 9.81. The minimum absolute atomic E-state index is 0.669. The van der Waals surface area contributed by atoms with Gasteiger partial charge in [0.2, 0.25) is 0 Å².